The zero-order chi connectivity index (χ0) is 22.8. The minimum atomic E-state index is -2.63. The lowest BCUT2D eigenvalue weighted by Gasteiger charge is -2.25. The average Bonchev–Trinajstić information content (AvgIpc) is 2.67. The Morgan fingerprint density at radius 3 is 2.57 bits per heavy atom. The second kappa shape index (κ2) is 12.6. The molecule has 0 amide bonds. The van der Waals surface area contributed by atoms with Crippen molar-refractivity contribution in [3.8, 4) is 0 Å². The Bertz CT molecular complexity index is 816. The number of esters is 1. The summed E-state index contributed by atoms with van der Waals surface area (Å²) in [6.07, 6.45) is -3.89. The number of nitrogens with zero attached hydrogens (tertiary/aromatic N) is 1. The van der Waals surface area contributed by atoms with E-state index in [4.69, 9.17) is 14.0 Å². The maximum Gasteiger partial charge on any atom is 0.613 e. The zero-order valence-electron chi connectivity index (χ0n) is 16.7. The molecule has 0 aliphatic heterocycles. The molecule has 5 atom stereocenters. The van der Waals surface area contributed by atoms with E-state index in [1.807, 2.05) is 4.98 Å². The Labute approximate surface area is 171 Å². The Morgan fingerprint density at radius 1 is 1.37 bits per heavy atom. The molecule has 0 saturated carbocycles. The summed E-state index contributed by atoms with van der Waals surface area (Å²) in [5.74, 6) is -0.661. The smallest absolute Gasteiger partial charge is 0.462 e. The van der Waals surface area contributed by atoms with Crippen LogP contribution in [0.1, 0.15) is 27.0 Å². The van der Waals surface area contributed by atoms with E-state index in [-0.39, 0.29) is 6.10 Å². The van der Waals surface area contributed by atoms with Gasteiger partial charge >= 0.3 is 19.8 Å². The van der Waals surface area contributed by atoms with E-state index in [0.29, 0.717) is 0 Å². The third-order valence-corrected chi connectivity index (χ3v) is 4.58. The second-order valence-electron chi connectivity index (χ2n) is 6.44. The molecule has 0 spiro atoms. The molecular weight excluding hydrogens is 428 g/mol. The highest BCUT2D eigenvalue weighted by Crippen LogP contribution is 2.21. The van der Waals surface area contributed by atoms with Crippen LogP contribution in [0.15, 0.2) is 21.9 Å². The molecule has 0 saturated heterocycles. The number of alkyl halides is 1. The van der Waals surface area contributed by atoms with Gasteiger partial charge in [0.25, 0.3) is 5.56 Å². The van der Waals surface area contributed by atoms with Gasteiger partial charge in [0.15, 0.2) is 6.23 Å². The van der Waals surface area contributed by atoms with Crippen LogP contribution in [-0.2, 0) is 23.4 Å². The van der Waals surface area contributed by atoms with E-state index in [0.717, 1.165) is 16.8 Å². The highest BCUT2D eigenvalue weighted by Gasteiger charge is 2.32. The molecule has 1 unspecified atom stereocenters. The van der Waals surface area contributed by atoms with Crippen molar-refractivity contribution < 1.29 is 38.0 Å². The van der Waals surface area contributed by atoms with Gasteiger partial charge in [0, 0.05) is 12.3 Å². The second-order valence-corrected chi connectivity index (χ2v) is 7.47. The maximum atomic E-state index is 13.0. The lowest BCUT2D eigenvalue weighted by Crippen LogP contribution is -2.41. The fraction of sp³-hybridized carbons (Fsp3) is 0.688. The van der Waals surface area contributed by atoms with Crippen LogP contribution in [0, 0.1) is 0 Å². The Balaban J connectivity index is 2.77. The molecular formula is C16H26FN3O9P+. The number of carbonyl (C=O) groups is 1. The van der Waals surface area contributed by atoms with Gasteiger partial charge in [-0.3, -0.25) is 19.1 Å². The number of aromatic nitrogens is 2. The molecule has 170 valence electrons. The molecule has 0 aliphatic carbocycles. The first-order chi connectivity index (χ1) is 14.1. The fourth-order valence-corrected chi connectivity index (χ4v) is 2.89. The van der Waals surface area contributed by atoms with Crippen molar-refractivity contribution in [2.24, 2.45) is 0 Å². The number of aliphatic hydroxyl groups excluding tert-OH is 2. The Hall–Kier alpha value is -2.02. The third kappa shape index (κ3) is 8.38. The van der Waals surface area contributed by atoms with Gasteiger partial charge in [-0.15, -0.1) is 4.52 Å². The van der Waals surface area contributed by atoms with E-state index < -0.39 is 69.8 Å². The lowest BCUT2D eigenvalue weighted by atomic mass is 10.2. The number of halogens is 1. The molecule has 0 aliphatic rings. The standard InChI is InChI=1S/C16H25FN3O9P/c1-9(2)28-15(24)10(3)19-30(26)27-8-12(11(22)6-17)29-14(7-21)20-5-4-13(23)18-16(20)25/h4-5,9-12,14,21-22H,6-8H2,1-3H3,(H-,18,19,23,25,26)/p+1/t10-,11-,12+,14+/m0/s1. The summed E-state index contributed by atoms with van der Waals surface area (Å²) in [4.78, 5) is 36.7. The largest absolute Gasteiger partial charge is 0.613 e. The van der Waals surface area contributed by atoms with E-state index in [9.17, 15) is 33.6 Å². The lowest BCUT2D eigenvalue weighted by molar-refractivity contribution is -0.149. The van der Waals surface area contributed by atoms with Gasteiger partial charge in [0.2, 0.25) is 0 Å². The van der Waals surface area contributed by atoms with Crippen molar-refractivity contribution in [3.63, 3.8) is 0 Å². The predicted octanol–water partition coefficient (Wildman–Crippen LogP) is -0.653. The quantitative estimate of drug-likeness (QED) is 0.222. The summed E-state index contributed by atoms with van der Waals surface area (Å²) >= 11 is 0. The van der Waals surface area contributed by atoms with E-state index in [1.54, 1.807) is 13.8 Å². The molecule has 1 aromatic rings. The number of aromatic amines is 1. The summed E-state index contributed by atoms with van der Waals surface area (Å²) in [6.45, 7) is 2.07. The van der Waals surface area contributed by atoms with Gasteiger partial charge < -0.3 is 19.7 Å². The van der Waals surface area contributed by atoms with Crippen LogP contribution < -0.4 is 16.3 Å². The highest BCUT2D eigenvalue weighted by atomic mass is 31.1. The van der Waals surface area contributed by atoms with Gasteiger partial charge in [0.1, 0.15) is 31.5 Å². The van der Waals surface area contributed by atoms with Crippen molar-refractivity contribution in [3.05, 3.63) is 33.1 Å². The number of hydrogen-bond acceptors (Lipinski definition) is 9. The van der Waals surface area contributed by atoms with Gasteiger partial charge in [-0.2, -0.15) is 0 Å². The van der Waals surface area contributed by atoms with E-state index in [1.165, 1.54) is 6.92 Å². The van der Waals surface area contributed by atoms with Crippen molar-refractivity contribution in [1.82, 2.24) is 14.6 Å². The number of ether oxygens (including phenoxy) is 2. The van der Waals surface area contributed by atoms with Crippen molar-refractivity contribution >= 4 is 14.1 Å². The SMILES string of the molecule is CC(C)OC(=O)[C@H](C)N[P+](=O)OC[C@@H](O[C@H](CO)n1ccc(=O)[nH]c1=O)[C@@H](O)CF. The van der Waals surface area contributed by atoms with Crippen LogP contribution in [0.4, 0.5) is 4.39 Å². The summed E-state index contributed by atoms with van der Waals surface area (Å²) in [7, 11) is -2.63. The summed E-state index contributed by atoms with van der Waals surface area (Å²) in [5, 5.41) is 21.6. The first-order valence-electron chi connectivity index (χ1n) is 8.97. The van der Waals surface area contributed by atoms with E-state index in [2.05, 4.69) is 5.09 Å². The molecule has 4 N–H and O–H groups in total. The molecule has 0 radical (unpaired) electrons. The number of nitrogens with one attached hydrogen (secondary N) is 2. The minimum absolute atomic E-state index is 0.371. The monoisotopic (exact) mass is 454 g/mol. The van der Waals surface area contributed by atoms with Crippen LogP contribution in [-0.4, -0.2) is 70.0 Å². The Kier molecular flexibility index (Phi) is 10.9. The maximum absolute atomic E-state index is 13.0. The molecule has 14 heteroatoms. The van der Waals surface area contributed by atoms with Crippen molar-refractivity contribution in [2.75, 3.05) is 19.9 Å². The fourth-order valence-electron chi connectivity index (χ4n) is 2.12. The third-order valence-electron chi connectivity index (χ3n) is 3.60. The van der Waals surface area contributed by atoms with Gasteiger partial charge in [0.05, 0.1) is 12.7 Å². The molecule has 30 heavy (non-hydrogen) atoms. The van der Waals surface area contributed by atoms with Crippen LogP contribution in [0.3, 0.4) is 0 Å². The van der Waals surface area contributed by atoms with Crippen LogP contribution in [0.5, 0.6) is 0 Å². The van der Waals surface area contributed by atoms with Crippen molar-refractivity contribution in [1.29, 1.82) is 0 Å². The molecule has 1 heterocycles. The molecule has 0 bridgehead atoms. The number of hydrogen-bond donors (Lipinski definition) is 4. The van der Waals surface area contributed by atoms with E-state index >= 15 is 0 Å². The van der Waals surface area contributed by atoms with Gasteiger partial charge in [-0.05, 0) is 25.3 Å². The van der Waals surface area contributed by atoms with Gasteiger partial charge in [-0.1, -0.05) is 5.09 Å². The first kappa shape index (κ1) is 26.0. The van der Waals surface area contributed by atoms with Crippen LogP contribution >= 0.6 is 8.18 Å². The molecule has 1 aromatic heterocycles. The first-order valence-corrected chi connectivity index (χ1v) is 10.1. The number of H-pyrrole nitrogens is 1. The topological polar surface area (TPSA) is 169 Å². The number of carbonyl (C=O) groups excluding carboxylic acids is 1. The molecule has 12 nitrogen and oxygen atoms in total. The highest BCUT2D eigenvalue weighted by molar-refractivity contribution is 7.36. The van der Waals surface area contributed by atoms with Gasteiger partial charge in [-0.25, -0.2) is 9.18 Å². The van der Waals surface area contributed by atoms with Crippen LogP contribution in [0.2, 0.25) is 0 Å². The van der Waals surface area contributed by atoms with Crippen molar-refractivity contribution in [2.45, 2.75) is 51.4 Å². The molecule has 0 aromatic carbocycles. The number of rotatable bonds is 13. The number of aliphatic hydroxyl groups is 2. The van der Waals surface area contributed by atoms with Crippen LogP contribution in [0.25, 0.3) is 0 Å². The summed E-state index contributed by atoms with van der Waals surface area (Å²) in [6, 6.07) is 0.0366. The summed E-state index contributed by atoms with van der Waals surface area (Å²) in [5.41, 5.74) is -1.58. The predicted molar refractivity (Wildman–Crippen MR) is 102 cm³/mol. The zero-order valence-corrected chi connectivity index (χ0v) is 17.6. The minimum Gasteiger partial charge on any atom is -0.462 e. The summed E-state index contributed by atoms with van der Waals surface area (Å²) < 4.78 is 41.1. The Morgan fingerprint density at radius 2 is 2.03 bits per heavy atom. The molecule has 0 fully saturated rings. The molecule has 1 rings (SSSR count). The average molecular weight is 454 g/mol. The normalized spacial score (nSPS) is 16.0.